The molecule has 2 aliphatic rings. The maximum atomic E-state index is 12.9. The van der Waals surface area contributed by atoms with Crippen LogP contribution in [0.5, 0.6) is 0 Å². The van der Waals surface area contributed by atoms with Crippen LogP contribution in [0, 0.1) is 13.8 Å². The number of urea groups is 1. The minimum atomic E-state index is -3.75. The summed E-state index contributed by atoms with van der Waals surface area (Å²) in [7, 11) is -3.75. The molecule has 3 rings (SSSR count). The highest BCUT2D eigenvalue weighted by Crippen LogP contribution is 2.34. The Balaban J connectivity index is 1.81. The summed E-state index contributed by atoms with van der Waals surface area (Å²) in [6.07, 6.45) is 1.64. The van der Waals surface area contributed by atoms with E-state index >= 15 is 0 Å². The number of nitrogens with zero attached hydrogens (tertiary/aromatic N) is 3. The first-order valence-corrected chi connectivity index (χ1v) is 12.0. The Morgan fingerprint density at radius 3 is 2.53 bits per heavy atom. The summed E-state index contributed by atoms with van der Waals surface area (Å²) in [6, 6.07) is 5.77. The monoisotopic (exact) mass is 432 g/mol. The normalized spacial score (nSPS) is 20.1. The summed E-state index contributed by atoms with van der Waals surface area (Å²) in [5.41, 5.74) is 3.53. The number of hydrogen-bond donors (Lipinski definition) is 1. The average molecular weight is 433 g/mol. The molecule has 0 spiro atoms. The van der Waals surface area contributed by atoms with E-state index in [9.17, 15) is 13.2 Å². The zero-order chi connectivity index (χ0) is 22.1. The zero-order valence-electron chi connectivity index (χ0n) is 18.5. The second-order valence-electron chi connectivity index (χ2n) is 8.23. The third kappa shape index (κ3) is 4.53. The average Bonchev–Trinajstić information content (AvgIpc) is 2.85. The topological polar surface area (TPSA) is 82.1 Å². The van der Waals surface area contributed by atoms with Crippen LogP contribution in [0.25, 0.3) is 4.91 Å². The van der Waals surface area contributed by atoms with Gasteiger partial charge in [-0.2, -0.15) is 8.42 Å². The van der Waals surface area contributed by atoms with E-state index < -0.39 is 10.0 Å². The summed E-state index contributed by atoms with van der Waals surface area (Å²) in [6.45, 7) is 12.2. The number of nitrogens with one attached hydrogen (secondary N) is 1. The molecular weight excluding hydrogens is 400 g/mol. The van der Waals surface area contributed by atoms with E-state index in [1.807, 2.05) is 57.7 Å². The van der Waals surface area contributed by atoms with E-state index in [1.165, 1.54) is 0 Å². The zero-order valence-corrected chi connectivity index (χ0v) is 19.3. The molecule has 1 aromatic rings. The number of amidine groups is 1. The molecule has 1 saturated heterocycles. The molecule has 1 atom stereocenters. The smallest absolute Gasteiger partial charge is 0.317 e. The van der Waals surface area contributed by atoms with E-state index in [-0.39, 0.29) is 17.0 Å². The van der Waals surface area contributed by atoms with Gasteiger partial charge in [-0.1, -0.05) is 25.1 Å². The van der Waals surface area contributed by atoms with E-state index in [0.29, 0.717) is 43.2 Å². The van der Waals surface area contributed by atoms with Gasteiger partial charge in [0, 0.05) is 37.8 Å². The first kappa shape index (κ1) is 22.3. The molecule has 164 valence electrons. The summed E-state index contributed by atoms with van der Waals surface area (Å²) in [5.74, 6) is 0.507. The van der Waals surface area contributed by atoms with Gasteiger partial charge >= 0.3 is 6.03 Å². The molecule has 1 N–H and O–H groups in total. The number of sulfonamides is 1. The second-order valence-corrected chi connectivity index (χ2v) is 9.77. The predicted molar refractivity (Wildman–Crippen MR) is 121 cm³/mol. The van der Waals surface area contributed by atoms with Crippen LogP contribution in [0.15, 0.2) is 28.2 Å². The Kier molecular flexibility index (Phi) is 6.55. The Hall–Kier alpha value is -2.35. The van der Waals surface area contributed by atoms with Gasteiger partial charge < -0.3 is 15.1 Å². The molecule has 30 heavy (non-hydrogen) atoms. The van der Waals surface area contributed by atoms with Crippen molar-refractivity contribution in [2.24, 2.45) is 4.40 Å². The van der Waals surface area contributed by atoms with Gasteiger partial charge in [-0.05, 0) is 57.2 Å². The molecule has 0 radical (unpaired) electrons. The summed E-state index contributed by atoms with van der Waals surface area (Å²) in [4.78, 5) is 16.6. The fourth-order valence-electron chi connectivity index (χ4n) is 3.80. The number of hydrogen-bond acceptors (Lipinski definition) is 4. The number of rotatable bonds is 3. The van der Waals surface area contributed by atoms with Gasteiger partial charge in [-0.3, -0.25) is 0 Å². The molecule has 7 nitrogen and oxygen atoms in total. The maximum Gasteiger partial charge on any atom is 0.317 e. The molecule has 2 heterocycles. The highest BCUT2D eigenvalue weighted by atomic mass is 32.2. The molecule has 0 aliphatic carbocycles. The van der Waals surface area contributed by atoms with Crippen molar-refractivity contribution in [1.82, 2.24) is 15.1 Å². The first-order chi connectivity index (χ1) is 14.1. The molecule has 1 fully saturated rings. The van der Waals surface area contributed by atoms with Crippen molar-refractivity contribution < 1.29 is 13.2 Å². The third-order valence-corrected chi connectivity index (χ3v) is 7.45. The van der Waals surface area contributed by atoms with Crippen molar-refractivity contribution in [3.8, 4) is 0 Å². The van der Waals surface area contributed by atoms with Crippen molar-refractivity contribution >= 4 is 26.8 Å². The second kappa shape index (κ2) is 8.79. The van der Waals surface area contributed by atoms with Gasteiger partial charge in [0.15, 0.2) is 0 Å². The molecule has 2 amide bonds. The Labute approximate surface area is 179 Å². The molecule has 0 unspecified atom stereocenters. The first-order valence-electron chi connectivity index (χ1n) is 10.6. The maximum absolute atomic E-state index is 12.9. The minimum absolute atomic E-state index is 0.0599. The van der Waals surface area contributed by atoms with Crippen LogP contribution < -0.4 is 5.32 Å². The Morgan fingerprint density at radius 2 is 1.87 bits per heavy atom. The Bertz CT molecular complexity index is 998. The fourth-order valence-corrected chi connectivity index (χ4v) is 5.28. The summed E-state index contributed by atoms with van der Waals surface area (Å²) < 4.78 is 29.9. The van der Waals surface area contributed by atoms with Crippen molar-refractivity contribution in [3.63, 3.8) is 0 Å². The minimum Gasteiger partial charge on any atom is -0.354 e. The number of benzene rings is 1. The summed E-state index contributed by atoms with van der Waals surface area (Å²) in [5, 5.41) is 3.00. The van der Waals surface area contributed by atoms with Gasteiger partial charge in [0.25, 0.3) is 10.0 Å². The number of carbonyl (C=O) groups is 1. The lowest BCUT2D eigenvalue weighted by Crippen LogP contribution is -2.45. The van der Waals surface area contributed by atoms with Gasteiger partial charge in [0.05, 0.1) is 0 Å². The lowest BCUT2D eigenvalue weighted by atomic mass is 10.0. The number of carbonyl (C=O) groups excluding carboxylic acids is 1. The van der Waals surface area contributed by atoms with Gasteiger partial charge in [-0.15, -0.1) is 4.40 Å². The van der Waals surface area contributed by atoms with Crippen LogP contribution in [-0.2, 0) is 10.0 Å². The SMILES string of the molecule is CC[C@H](C)NC(=O)N1CCCN(C2=NS(=O)(=O)C(c3ccc(C)c(C)c3)=C2C)CC1. The summed E-state index contributed by atoms with van der Waals surface area (Å²) >= 11 is 0. The standard InChI is InChI=1S/C22H32N4O3S/c1-6-17(4)23-22(27)26-11-7-10-25(12-13-26)21-18(5)20(30(28,29)24-21)19-9-8-15(2)16(3)14-19/h8-9,14,17H,6-7,10-13H2,1-5H3,(H,23,27)/t17-/m0/s1. The lowest BCUT2D eigenvalue weighted by molar-refractivity contribution is 0.196. The van der Waals surface area contributed by atoms with Crippen LogP contribution in [0.3, 0.4) is 0 Å². The van der Waals surface area contributed by atoms with Crippen LogP contribution in [0.1, 0.15) is 50.3 Å². The Morgan fingerprint density at radius 1 is 1.13 bits per heavy atom. The fraction of sp³-hybridized carbons (Fsp3) is 0.545. The van der Waals surface area contributed by atoms with Crippen LogP contribution >= 0.6 is 0 Å². The lowest BCUT2D eigenvalue weighted by Gasteiger charge is -2.25. The molecule has 8 heteroatoms. The third-order valence-electron chi connectivity index (χ3n) is 5.97. The van der Waals surface area contributed by atoms with Gasteiger partial charge in [0.1, 0.15) is 10.7 Å². The molecule has 1 aromatic carbocycles. The van der Waals surface area contributed by atoms with Crippen molar-refractivity contribution in [2.75, 3.05) is 26.2 Å². The van der Waals surface area contributed by atoms with Crippen LogP contribution in [-0.4, -0.2) is 62.3 Å². The van der Waals surface area contributed by atoms with E-state index in [1.54, 1.807) is 4.90 Å². The molecule has 0 saturated carbocycles. The molecular formula is C22H32N4O3S. The van der Waals surface area contributed by atoms with Crippen molar-refractivity contribution in [2.45, 2.75) is 53.5 Å². The quantitative estimate of drug-likeness (QED) is 0.795. The highest BCUT2D eigenvalue weighted by molar-refractivity contribution is 8.00. The van der Waals surface area contributed by atoms with E-state index in [0.717, 1.165) is 24.0 Å². The van der Waals surface area contributed by atoms with E-state index in [4.69, 9.17) is 0 Å². The number of amides is 2. The molecule has 0 bridgehead atoms. The molecule has 2 aliphatic heterocycles. The highest BCUT2D eigenvalue weighted by Gasteiger charge is 2.34. The van der Waals surface area contributed by atoms with Crippen LogP contribution in [0.2, 0.25) is 0 Å². The predicted octanol–water partition coefficient (Wildman–Crippen LogP) is 3.29. The van der Waals surface area contributed by atoms with Crippen molar-refractivity contribution in [1.29, 1.82) is 0 Å². The van der Waals surface area contributed by atoms with Crippen LogP contribution in [0.4, 0.5) is 4.79 Å². The number of aryl methyl sites for hydroxylation is 2. The van der Waals surface area contributed by atoms with Gasteiger partial charge in [0.2, 0.25) is 0 Å². The van der Waals surface area contributed by atoms with E-state index in [2.05, 4.69) is 9.71 Å². The van der Waals surface area contributed by atoms with Crippen molar-refractivity contribution in [3.05, 3.63) is 40.5 Å². The largest absolute Gasteiger partial charge is 0.354 e. The molecule has 0 aromatic heterocycles. The van der Waals surface area contributed by atoms with Gasteiger partial charge in [-0.25, -0.2) is 4.79 Å².